The predicted octanol–water partition coefficient (Wildman–Crippen LogP) is 1.17. The van der Waals surface area contributed by atoms with Crippen LogP contribution in [0.15, 0.2) is 12.3 Å². The Labute approximate surface area is 92.4 Å². The van der Waals surface area contributed by atoms with Crippen molar-refractivity contribution in [3.05, 3.63) is 17.8 Å². The largest absolute Gasteiger partial charge is 0.496 e. The summed E-state index contributed by atoms with van der Waals surface area (Å²) in [5.41, 5.74) is 0.397. The van der Waals surface area contributed by atoms with Gasteiger partial charge in [0.1, 0.15) is 5.75 Å². The van der Waals surface area contributed by atoms with Gasteiger partial charge in [-0.2, -0.15) is 0 Å². The van der Waals surface area contributed by atoms with Crippen LogP contribution in [0.5, 0.6) is 11.6 Å². The van der Waals surface area contributed by atoms with Gasteiger partial charge < -0.3 is 9.47 Å². The van der Waals surface area contributed by atoms with Crippen LogP contribution in [0.3, 0.4) is 0 Å². The summed E-state index contributed by atoms with van der Waals surface area (Å²) in [6, 6.07) is 1.50. The zero-order valence-electron chi connectivity index (χ0n) is 8.23. The Kier molecular flexibility index (Phi) is 3.76. The third-order valence-electron chi connectivity index (χ3n) is 1.68. The molecule has 84 valence electrons. The van der Waals surface area contributed by atoms with E-state index < -0.39 is 9.05 Å². The van der Waals surface area contributed by atoms with Crippen molar-refractivity contribution in [2.75, 3.05) is 14.2 Å². The molecule has 0 fully saturated rings. The van der Waals surface area contributed by atoms with E-state index in [1.807, 2.05) is 0 Å². The van der Waals surface area contributed by atoms with Crippen LogP contribution in [0.2, 0.25) is 0 Å². The Bertz CT molecular complexity index is 446. The predicted molar refractivity (Wildman–Crippen MR) is 55.8 cm³/mol. The van der Waals surface area contributed by atoms with Gasteiger partial charge in [0.2, 0.25) is 14.9 Å². The zero-order valence-corrected chi connectivity index (χ0v) is 9.80. The molecule has 0 bridgehead atoms. The molecule has 0 aliphatic carbocycles. The molecule has 0 aromatic carbocycles. The summed E-state index contributed by atoms with van der Waals surface area (Å²) in [4.78, 5) is 3.86. The molecule has 0 radical (unpaired) electrons. The van der Waals surface area contributed by atoms with Gasteiger partial charge in [-0.25, -0.2) is 13.4 Å². The van der Waals surface area contributed by atoms with Crippen molar-refractivity contribution in [1.82, 2.24) is 4.98 Å². The molecule has 0 unspecified atom stereocenters. The number of hydrogen-bond acceptors (Lipinski definition) is 5. The maximum atomic E-state index is 10.9. The number of aromatic nitrogens is 1. The smallest absolute Gasteiger partial charge is 0.236 e. The van der Waals surface area contributed by atoms with Gasteiger partial charge in [0.15, 0.2) is 0 Å². The highest BCUT2D eigenvalue weighted by atomic mass is 35.7. The number of nitrogens with zero attached hydrogens (tertiary/aromatic N) is 1. The Morgan fingerprint density at radius 1 is 1.40 bits per heavy atom. The van der Waals surface area contributed by atoms with Crippen LogP contribution in [0.1, 0.15) is 5.56 Å². The highest BCUT2D eigenvalue weighted by Gasteiger charge is 2.13. The minimum absolute atomic E-state index is 0.325. The third kappa shape index (κ3) is 3.56. The van der Waals surface area contributed by atoms with Crippen molar-refractivity contribution in [2.45, 2.75) is 5.75 Å². The summed E-state index contributed by atoms with van der Waals surface area (Å²) in [5.74, 6) is 0.406. The van der Waals surface area contributed by atoms with E-state index >= 15 is 0 Å². The van der Waals surface area contributed by atoms with Crippen molar-refractivity contribution in [2.24, 2.45) is 0 Å². The molecule has 1 aromatic rings. The second-order valence-corrected chi connectivity index (χ2v) is 5.50. The standard InChI is InChI=1S/C8H10ClNO4S/c1-13-7-3-8(14-2)10-4-6(7)5-15(9,11)12/h3-4H,5H2,1-2H3. The van der Waals surface area contributed by atoms with Crippen molar-refractivity contribution in [3.8, 4) is 11.6 Å². The van der Waals surface area contributed by atoms with Gasteiger partial charge in [-0.3, -0.25) is 0 Å². The van der Waals surface area contributed by atoms with Crippen molar-refractivity contribution in [3.63, 3.8) is 0 Å². The molecule has 1 rings (SSSR count). The molecule has 1 aromatic heterocycles. The van der Waals surface area contributed by atoms with E-state index in [1.54, 1.807) is 0 Å². The average molecular weight is 252 g/mol. The Morgan fingerprint density at radius 2 is 2.07 bits per heavy atom. The van der Waals surface area contributed by atoms with Crippen molar-refractivity contribution >= 4 is 19.7 Å². The summed E-state index contributed by atoms with van der Waals surface area (Å²) in [7, 11) is 4.40. The van der Waals surface area contributed by atoms with E-state index in [2.05, 4.69) is 4.98 Å². The van der Waals surface area contributed by atoms with Gasteiger partial charge in [-0.1, -0.05) is 0 Å². The minimum Gasteiger partial charge on any atom is -0.496 e. The van der Waals surface area contributed by atoms with Crippen LogP contribution in [0, 0.1) is 0 Å². The molecule has 0 aliphatic rings. The van der Waals surface area contributed by atoms with Crippen molar-refractivity contribution < 1.29 is 17.9 Å². The lowest BCUT2D eigenvalue weighted by molar-refractivity contribution is 0.380. The fraction of sp³-hybridized carbons (Fsp3) is 0.375. The van der Waals surface area contributed by atoms with Crippen LogP contribution in [-0.4, -0.2) is 27.6 Å². The van der Waals surface area contributed by atoms with E-state index in [4.69, 9.17) is 20.2 Å². The maximum Gasteiger partial charge on any atom is 0.236 e. The highest BCUT2D eigenvalue weighted by Crippen LogP contribution is 2.24. The molecule has 0 N–H and O–H groups in total. The van der Waals surface area contributed by atoms with E-state index in [1.165, 1.54) is 26.5 Å². The minimum atomic E-state index is -3.62. The molecule has 0 atom stereocenters. The normalized spacial score (nSPS) is 11.1. The SMILES string of the molecule is COc1cc(OC)c(CS(=O)(=O)Cl)cn1. The molecule has 7 heteroatoms. The van der Waals surface area contributed by atoms with Crippen molar-refractivity contribution in [1.29, 1.82) is 0 Å². The fourth-order valence-corrected chi connectivity index (χ4v) is 1.98. The first-order valence-corrected chi connectivity index (χ1v) is 6.43. The maximum absolute atomic E-state index is 10.9. The van der Waals surface area contributed by atoms with Gasteiger partial charge in [0, 0.05) is 28.5 Å². The monoisotopic (exact) mass is 251 g/mol. The molecule has 0 spiro atoms. The molecule has 0 aliphatic heterocycles. The van der Waals surface area contributed by atoms with E-state index in [-0.39, 0.29) is 5.75 Å². The van der Waals surface area contributed by atoms with Crippen LogP contribution in [-0.2, 0) is 14.8 Å². The Hall–Kier alpha value is -1.01. The van der Waals surface area contributed by atoms with Crippen LogP contribution in [0.25, 0.3) is 0 Å². The first-order chi connectivity index (χ1) is 6.96. The second-order valence-electron chi connectivity index (χ2n) is 2.72. The van der Waals surface area contributed by atoms with E-state index in [9.17, 15) is 8.42 Å². The number of ether oxygens (including phenoxy) is 2. The fourth-order valence-electron chi connectivity index (χ4n) is 1.04. The molecule has 5 nitrogen and oxygen atoms in total. The molecule has 1 heterocycles. The molecular weight excluding hydrogens is 242 g/mol. The van der Waals surface area contributed by atoms with Gasteiger partial charge in [-0.05, 0) is 0 Å². The van der Waals surface area contributed by atoms with E-state index in [0.717, 1.165) is 0 Å². The van der Waals surface area contributed by atoms with Crippen LogP contribution in [0.4, 0.5) is 0 Å². The third-order valence-corrected chi connectivity index (χ3v) is 2.66. The average Bonchev–Trinajstić information content (AvgIpc) is 2.16. The number of pyridine rings is 1. The summed E-state index contributed by atoms with van der Waals surface area (Å²) < 4.78 is 31.6. The number of methoxy groups -OCH3 is 2. The number of rotatable bonds is 4. The van der Waals surface area contributed by atoms with Crippen LogP contribution < -0.4 is 9.47 Å². The van der Waals surface area contributed by atoms with Gasteiger partial charge in [0.25, 0.3) is 0 Å². The molecule has 15 heavy (non-hydrogen) atoms. The number of hydrogen-bond donors (Lipinski definition) is 0. The number of halogens is 1. The Balaban J connectivity index is 3.08. The van der Waals surface area contributed by atoms with E-state index in [0.29, 0.717) is 17.2 Å². The summed E-state index contributed by atoms with van der Waals surface area (Å²) in [6.45, 7) is 0. The zero-order chi connectivity index (χ0) is 11.5. The lowest BCUT2D eigenvalue weighted by Gasteiger charge is -2.07. The lowest BCUT2D eigenvalue weighted by Crippen LogP contribution is -2.00. The van der Waals surface area contributed by atoms with Gasteiger partial charge in [0.05, 0.1) is 20.0 Å². The lowest BCUT2D eigenvalue weighted by atomic mass is 10.3. The highest BCUT2D eigenvalue weighted by molar-refractivity contribution is 8.13. The molecular formula is C8H10ClNO4S. The Morgan fingerprint density at radius 3 is 2.53 bits per heavy atom. The quantitative estimate of drug-likeness (QED) is 0.752. The molecule has 0 amide bonds. The first-order valence-electron chi connectivity index (χ1n) is 3.95. The summed E-state index contributed by atoms with van der Waals surface area (Å²) in [5, 5.41) is 0. The van der Waals surface area contributed by atoms with Gasteiger partial charge >= 0.3 is 0 Å². The van der Waals surface area contributed by atoms with Gasteiger partial charge in [-0.15, -0.1) is 0 Å². The molecule has 0 saturated carbocycles. The topological polar surface area (TPSA) is 65.5 Å². The first kappa shape index (κ1) is 12.1. The summed E-state index contributed by atoms with van der Waals surface area (Å²) in [6.07, 6.45) is 1.36. The molecule has 0 saturated heterocycles. The summed E-state index contributed by atoms with van der Waals surface area (Å²) >= 11 is 0. The second kappa shape index (κ2) is 4.67. The van der Waals surface area contributed by atoms with Crippen LogP contribution >= 0.6 is 10.7 Å².